The average molecular weight is 469 g/mol. The Morgan fingerprint density at radius 2 is 1.07 bits per heavy atom. The molecule has 0 aromatic carbocycles. The third-order valence-electron chi connectivity index (χ3n) is 3.26. The molecule has 1 N–H and O–H groups in total. The largest absolute Gasteiger partial charge is 0.460 e. The Morgan fingerprint density at radius 1 is 0.679 bits per heavy atom. The summed E-state index contributed by atoms with van der Waals surface area (Å²) in [5, 5.41) is 0. The zero-order valence-corrected chi connectivity index (χ0v) is 14.3. The van der Waals surface area contributed by atoms with Gasteiger partial charge in [-0.1, -0.05) is 6.92 Å². The van der Waals surface area contributed by atoms with E-state index in [-0.39, 0.29) is 6.42 Å². The van der Waals surface area contributed by atoms with Crippen LogP contribution in [0.3, 0.4) is 0 Å². The van der Waals surface area contributed by atoms with Gasteiger partial charge in [-0.15, -0.1) is 0 Å². The van der Waals surface area contributed by atoms with Gasteiger partial charge in [0.05, 0.1) is 5.75 Å². The zero-order chi connectivity index (χ0) is 23.0. The van der Waals surface area contributed by atoms with Crippen molar-refractivity contribution in [2.75, 3.05) is 12.3 Å². The predicted octanol–water partition coefficient (Wildman–Crippen LogP) is 4.44. The second kappa shape index (κ2) is 7.68. The highest BCUT2D eigenvalue weighted by molar-refractivity contribution is 7.89. The van der Waals surface area contributed by atoms with Crippen molar-refractivity contribution in [1.82, 2.24) is 4.72 Å². The molecule has 0 atom stereocenters. The standard InChI is InChI=1S/C11H12F13NO2S/c1-2-4-25-28(26,27)5-3-6(12,13)7(14,15)8(16,17)9(18,19)10(20,21)11(22,23)24/h25H,2-5H2,1H3. The van der Waals surface area contributed by atoms with Crippen molar-refractivity contribution in [3.8, 4) is 0 Å². The molecule has 0 radical (unpaired) electrons. The molecule has 17 heteroatoms. The minimum Gasteiger partial charge on any atom is -0.215 e. The highest BCUT2D eigenvalue weighted by atomic mass is 32.2. The highest BCUT2D eigenvalue weighted by Gasteiger charge is 2.90. The third-order valence-corrected chi connectivity index (χ3v) is 4.64. The van der Waals surface area contributed by atoms with E-state index >= 15 is 0 Å². The molecule has 0 rings (SSSR count). The lowest BCUT2D eigenvalue weighted by Crippen LogP contribution is -2.70. The van der Waals surface area contributed by atoms with Crippen molar-refractivity contribution < 1.29 is 65.5 Å². The summed E-state index contributed by atoms with van der Waals surface area (Å²) in [6.07, 6.45) is -10.2. The van der Waals surface area contributed by atoms with Gasteiger partial charge in [0.25, 0.3) is 0 Å². The smallest absolute Gasteiger partial charge is 0.215 e. The molecular weight excluding hydrogens is 457 g/mol. The molecule has 0 aliphatic rings. The molecule has 170 valence electrons. The van der Waals surface area contributed by atoms with E-state index in [1.165, 1.54) is 11.6 Å². The fraction of sp³-hybridized carbons (Fsp3) is 1.00. The maximum absolute atomic E-state index is 13.4. The van der Waals surface area contributed by atoms with Gasteiger partial charge in [0.2, 0.25) is 10.0 Å². The van der Waals surface area contributed by atoms with Crippen molar-refractivity contribution in [2.24, 2.45) is 0 Å². The number of hydrogen-bond acceptors (Lipinski definition) is 2. The first-order chi connectivity index (χ1) is 12.0. The molecule has 0 amide bonds. The van der Waals surface area contributed by atoms with Gasteiger partial charge in [0, 0.05) is 13.0 Å². The van der Waals surface area contributed by atoms with Crippen molar-refractivity contribution in [3.63, 3.8) is 0 Å². The predicted molar refractivity (Wildman–Crippen MR) is 67.5 cm³/mol. The Kier molecular flexibility index (Phi) is 7.41. The van der Waals surface area contributed by atoms with Crippen LogP contribution in [0.25, 0.3) is 0 Å². The average Bonchev–Trinajstić information content (AvgIpc) is 2.49. The molecule has 28 heavy (non-hydrogen) atoms. The van der Waals surface area contributed by atoms with Gasteiger partial charge in [-0.2, -0.15) is 57.1 Å². The fourth-order valence-electron chi connectivity index (χ4n) is 1.55. The molecule has 0 unspecified atom stereocenters. The maximum atomic E-state index is 13.4. The molecule has 0 aliphatic heterocycles. The van der Waals surface area contributed by atoms with Crippen LogP contribution in [0.15, 0.2) is 0 Å². The zero-order valence-electron chi connectivity index (χ0n) is 13.5. The van der Waals surface area contributed by atoms with Gasteiger partial charge in [-0.3, -0.25) is 0 Å². The molecule has 3 nitrogen and oxygen atoms in total. The van der Waals surface area contributed by atoms with Gasteiger partial charge < -0.3 is 0 Å². The summed E-state index contributed by atoms with van der Waals surface area (Å²) in [7, 11) is -4.79. The molecule has 0 aromatic heterocycles. The van der Waals surface area contributed by atoms with Crippen LogP contribution in [0.5, 0.6) is 0 Å². The van der Waals surface area contributed by atoms with Crippen molar-refractivity contribution in [2.45, 2.75) is 55.6 Å². The second-order valence-electron chi connectivity index (χ2n) is 5.46. The Bertz CT molecular complexity index is 641. The monoisotopic (exact) mass is 469 g/mol. The van der Waals surface area contributed by atoms with E-state index < -0.39 is 64.5 Å². The summed E-state index contributed by atoms with van der Waals surface area (Å²) in [6.45, 7) is 0.963. The fourth-order valence-corrected chi connectivity index (χ4v) is 2.74. The Morgan fingerprint density at radius 3 is 1.43 bits per heavy atom. The first-order valence-corrected chi connectivity index (χ1v) is 8.60. The van der Waals surface area contributed by atoms with Crippen LogP contribution in [0.1, 0.15) is 19.8 Å². The van der Waals surface area contributed by atoms with Gasteiger partial charge in [-0.25, -0.2) is 13.1 Å². The number of rotatable bonds is 10. The number of halogens is 13. The summed E-state index contributed by atoms with van der Waals surface area (Å²) < 4.78 is 191. The minimum absolute atomic E-state index is 0.0720. The van der Waals surface area contributed by atoms with E-state index in [1.54, 1.807) is 0 Å². The summed E-state index contributed by atoms with van der Waals surface area (Å²) in [5.74, 6) is -39.6. The van der Waals surface area contributed by atoms with Crippen LogP contribution in [0.4, 0.5) is 57.1 Å². The maximum Gasteiger partial charge on any atom is 0.460 e. The number of hydrogen-bond donors (Lipinski definition) is 1. The summed E-state index contributed by atoms with van der Waals surface area (Å²) in [4.78, 5) is 0. The first-order valence-electron chi connectivity index (χ1n) is 6.95. The minimum atomic E-state index is -8.00. The molecule has 0 heterocycles. The highest BCUT2D eigenvalue weighted by Crippen LogP contribution is 2.60. The van der Waals surface area contributed by atoms with E-state index in [9.17, 15) is 65.5 Å². The Hall–Kier alpha value is -1.00. The molecule has 0 bridgehead atoms. The lowest BCUT2D eigenvalue weighted by molar-refractivity contribution is -0.439. The quantitative estimate of drug-likeness (QED) is 0.481. The molecule has 0 fully saturated rings. The van der Waals surface area contributed by atoms with E-state index in [1.807, 2.05) is 0 Å². The molecule has 0 aliphatic carbocycles. The van der Waals surface area contributed by atoms with Crippen LogP contribution in [0, 0.1) is 0 Å². The lowest BCUT2D eigenvalue weighted by atomic mass is 9.93. The number of sulfonamides is 1. The van der Waals surface area contributed by atoms with Crippen LogP contribution in [-0.2, 0) is 10.0 Å². The van der Waals surface area contributed by atoms with E-state index in [4.69, 9.17) is 0 Å². The second-order valence-corrected chi connectivity index (χ2v) is 7.39. The van der Waals surface area contributed by atoms with Crippen molar-refractivity contribution >= 4 is 10.0 Å². The molecule has 0 saturated heterocycles. The number of alkyl halides is 13. The van der Waals surface area contributed by atoms with Crippen LogP contribution >= 0.6 is 0 Å². The van der Waals surface area contributed by atoms with Crippen molar-refractivity contribution in [1.29, 1.82) is 0 Å². The molecule has 0 saturated carbocycles. The van der Waals surface area contributed by atoms with Gasteiger partial charge in [0.1, 0.15) is 0 Å². The molecule has 0 spiro atoms. The molecular formula is C11H12F13NO2S. The summed E-state index contributed by atoms with van der Waals surface area (Å²) in [5.41, 5.74) is 0. The van der Waals surface area contributed by atoms with E-state index in [0.717, 1.165) is 0 Å². The lowest BCUT2D eigenvalue weighted by Gasteiger charge is -2.39. The topological polar surface area (TPSA) is 46.2 Å². The summed E-state index contributed by atoms with van der Waals surface area (Å²) >= 11 is 0. The van der Waals surface area contributed by atoms with Crippen LogP contribution in [-0.4, -0.2) is 56.5 Å². The van der Waals surface area contributed by atoms with E-state index in [0.29, 0.717) is 0 Å². The van der Waals surface area contributed by atoms with Gasteiger partial charge in [-0.05, 0) is 6.42 Å². The Balaban J connectivity index is 5.93. The van der Waals surface area contributed by atoms with Crippen LogP contribution < -0.4 is 4.72 Å². The normalized spacial score (nSPS) is 15.8. The third kappa shape index (κ3) is 4.59. The van der Waals surface area contributed by atoms with Crippen LogP contribution in [0.2, 0.25) is 0 Å². The SMILES string of the molecule is CCCNS(=O)(=O)CCC(F)(F)C(F)(F)C(F)(F)C(F)(F)C(F)(F)C(F)(F)F. The van der Waals surface area contributed by atoms with E-state index in [2.05, 4.69) is 0 Å². The van der Waals surface area contributed by atoms with Gasteiger partial charge in [0.15, 0.2) is 0 Å². The molecule has 0 aromatic rings. The van der Waals surface area contributed by atoms with Crippen molar-refractivity contribution in [3.05, 3.63) is 0 Å². The number of nitrogens with one attached hydrogen (secondary N) is 1. The first kappa shape index (κ1) is 27.0. The summed E-state index contributed by atoms with van der Waals surface area (Å²) in [6, 6.07) is 0. The Labute approximate surface area is 149 Å². The van der Waals surface area contributed by atoms with Gasteiger partial charge >= 0.3 is 35.8 Å².